The largest absolute Gasteiger partial charge is 0.480 e. The zero-order valence-electron chi connectivity index (χ0n) is 17.1. The van der Waals surface area contributed by atoms with E-state index in [1.807, 2.05) is 6.07 Å². The minimum absolute atomic E-state index is 0.194. The number of rotatable bonds is 9. The number of pyridine rings is 1. The monoisotopic (exact) mass is 426 g/mol. The van der Waals surface area contributed by atoms with E-state index in [4.69, 9.17) is 5.11 Å². The van der Waals surface area contributed by atoms with Crippen molar-refractivity contribution in [1.29, 1.82) is 0 Å². The Hall–Kier alpha value is -3.79. The summed E-state index contributed by atoms with van der Waals surface area (Å²) in [6.45, 7) is -0.389. The minimum atomic E-state index is -1.09. The number of carbonyl (C=O) groups excluding carboxylic acids is 1. The van der Waals surface area contributed by atoms with Crippen LogP contribution in [-0.2, 0) is 23.1 Å². The molecule has 0 saturated heterocycles. The number of aliphatic carboxylic acids is 1. The number of nitrogens with one attached hydrogen (secondary N) is 3. The molecule has 9 nitrogen and oxygen atoms in total. The molecular formula is C21H23FN6O3. The summed E-state index contributed by atoms with van der Waals surface area (Å²) in [4.78, 5) is 28.0. The van der Waals surface area contributed by atoms with Gasteiger partial charge in [-0.05, 0) is 36.2 Å². The second kappa shape index (κ2) is 9.81. The molecule has 0 aliphatic rings. The normalized spacial score (nSPS) is 11.7. The lowest BCUT2D eigenvalue weighted by Crippen LogP contribution is -2.44. The second-order valence-electron chi connectivity index (χ2n) is 6.87. The van der Waals surface area contributed by atoms with Crippen molar-refractivity contribution in [2.24, 2.45) is 7.05 Å². The van der Waals surface area contributed by atoms with Crippen molar-refractivity contribution in [1.82, 2.24) is 20.1 Å². The van der Waals surface area contributed by atoms with Crippen LogP contribution >= 0.6 is 0 Å². The van der Waals surface area contributed by atoms with Crippen molar-refractivity contribution in [3.05, 3.63) is 60.0 Å². The molecule has 0 unspecified atom stereocenters. The smallest absolute Gasteiger partial charge is 0.317 e. The maximum atomic E-state index is 13.2. The van der Waals surface area contributed by atoms with Gasteiger partial charge in [0, 0.05) is 31.9 Å². The maximum absolute atomic E-state index is 13.2. The van der Waals surface area contributed by atoms with Crippen LogP contribution in [0.3, 0.4) is 0 Å². The Kier molecular flexibility index (Phi) is 6.93. The first-order chi connectivity index (χ1) is 14.9. The van der Waals surface area contributed by atoms with Crippen LogP contribution in [-0.4, -0.2) is 51.4 Å². The molecule has 2 heterocycles. The number of halogens is 1. The van der Waals surface area contributed by atoms with Crippen molar-refractivity contribution >= 4 is 23.5 Å². The molecule has 10 heteroatoms. The van der Waals surface area contributed by atoms with Gasteiger partial charge in [0.15, 0.2) is 0 Å². The molecule has 0 bridgehead atoms. The average molecular weight is 426 g/mol. The Labute approximate surface area is 178 Å². The second-order valence-corrected chi connectivity index (χ2v) is 6.87. The summed E-state index contributed by atoms with van der Waals surface area (Å²) in [6, 6.07) is 10.2. The van der Waals surface area contributed by atoms with Crippen molar-refractivity contribution in [2.45, 2.75) is 12.5 Å². The summed E-state index contributed by atoms with van der Waals surface area (Å²) in [5, 5.41) is 21.9. The number of carbonyl (C=O) groups is 2. The third kappa shape index (κ3) is 5.86. The maximum Gasteiger partial charge on any atom is 0.317 e. The summed E-state index contributed by atoms with van der Waals surface area (Å²) in [6.07, 6.45) is 1.85. The highest BCUT2D eigenvalue weighted by molar-refractivity contribution is 5.95. The summed E-state index contributed by atoms with van der Waals surface area (Å²) in [5.74, 6) is -0.762. The number of nitrogens with zero attached hydrogens (tertiary/aromatic N) is 3. The standard InChI is InChI=1S/C21H23FN6O3/c1-23-18-10-14(7-8-24-18)16-11-19(28(2)27-16)26-21(31)17(25-12-20(29)30)9-13-3-5-15(22)6-4-13/h3-8,10-11,17,25H,9,12H2,1-2H3,(H,23,24)(H,26,31)(H,29,30)/t17-/m0/s1. The molecule has 2 aromatic heterocycles. The lowest BCUT2D eigenvalue weighted by atomic mass is 10.1. The molecule has 0 fully saturated rings. The van der Waals surface area contributed by atoms with Crippen molar-refractivity contribution in [3.8, 4) is 11.3 Å². The molecule has 0 aliphatic carbocycles. The van der Waals surface area contributed by atoms with Gasteiger partial charge in [-0.2, -0.15) is 5.10 Å². The minimum Gasteiger partial charge on any atom is -0.480 e. The topological polar surface area (TPSA) is 121 Å². The van der Waals surface area contributed by atoms with E-state index in [0.29, 0.717) is 22.9 Å². The number of carboxylic acids is 1. The van der Waals surface area contributed by atoms with Crippen molar-refractivity contribution in [2.75, 3.05) is 24.2 Å². The highest BCUT2D eigenvalue weighted by Gasteiger charge is 2.21. The molecule has 0 radical (unpaired) electrons. The van der Waals surface area contributed by atoms with Gasteiger partial charge >= 0.3 is 5.97 Å². The number of hydrogen-bond acceptors (Lipinski definition) is 6. The first-order valence-electron chi connectivity index (χ1n) is 9.54. The van der Waals surface area contributed by atoms with Gasteiger partial charge in [0.05, 0.1) is 18.3 Å². The fourth-order valence-corrected chi connectivity index (χ4v) is 2.99. The van der Waals surface area contributed by atoms with Crippen LogP contribution in [0, 0.1) is 5.82 Å². The number of aryl methyl sites for hydroxylation is 1. The quantitative estimate of drug-likeness (QED) is 0.412. The van der Waals surface area contributed by atoms with Gasteiger partial charge in [0.1, 0.15) is 17.5 Å². The van der Waals surface area contributed by atoms with E-state index in [9.17, 15) is 14.0 Å². The van der Waals surface area contributed by atoms with Gasteiger partial charge in [0.25, 0.3) is 0 Å². The van der Waals surface area contributed by atoms with Crippen LogP contribution in [0.15, 0.2) is 48.7 Å². The van der Waals surface area contributed by atoms with Gasteiger partial charge in [0.2, 0.25) is 5.91 Å². The van der Waals surface area contributed by atoms with E-state index in [1.165, 1.54) is 16.8 Å². The zero-order chi connectivity index (χ0) is 22.4. The van der Waals surface area contributed by atoms with Gasteiger partial charge in [-0.3, -0.25) is 19.6 Å². The molecule has 3 aromatic rings. The van der Waals surface area contributed by atoms with Gasteiger partial charge < -0.3 is 15.7 Å². The molecule has 0 aliphatic heterocycles. The molecule has 0 spiro atoms. The molecule has 162 valence electrons. The highest BCUT2D eigenvalue weighted by atomic mass is 19.1. The molecular weight excluding hydrogens is 403 g/mol. The van der Waals surface area contributed by atoms with Crippen LogP contribution < -0.4 is 16.0 Å². The fraction of sp³-hybridized carbons (Fsp3) is 0.238. The number of hydrogen-bond donors (Lipinski definition) is 4. The zero-order valence-corrected chi connectivity index (χ0v) is 17.1. The van der Waals surface area contributed by atoms with E-state index in [2.05, 4.69) is 26.0 Å². The molecule has 1 aromatic carbocycles. The summed E-state index contributed by atoms with van der Waals surface area (Å²) in [5.41, 5.74) is 2.16. The molecule has 0 saturated carbocycles. The molecule has 31 heavy (non-hydrogen) atoms. The number of benzene rings is 1. The van der Waals surface area contributed by atoms with E-state index in [-0.39, 0.29) is 18.8 Å². The van der Waals surface area contributed by atoms with E-state index < -0.39 is 17.9 Å². The summed E-state index contributed by atoms with van der Waals surface area (Å²) >= 11 is 0. The van der Waals surface area contributed by atoms with Crippen molar-refractivity contribution < 1.29 is 19.1 Å². The number of anilines is 2. The number of carboxylic acid groups (broad SMARTS) is 1. The summed E-state index contributed by atoms with van der Waals surface area (Å²) < 4.78 is 14.7. The Morgan fingerprint density at radius 3 is 2.61 bits per heavy atom. The third-order valence-corrected chi connectivity index (χ3v) is 4.61. The van der Waals surface area contributed by atoms with Gasteiger partial charge in [-0.15, -0.1) is 0 Å². The number of amides is 1. The fourth-order valence-electron chi connectivity index (χ4n) is 2.99. The van der Waals surface area contributed by atoms with E-state index in [0.717, 1.165) is 5.56 Å². The van der Waals surface area contributed by atoms with E-state index >= 15 is 0 Å². The lowest BCUT2D eigenvalue weighted by molar-refractivity contribution is -0.136. The van der Waals surface area contributed by atoms with Crippen molar-refractivity contribution in [3.63, 3.8) is 0 Å². The van der Waals surface area contributed by atoms with Crippen LogP contribution in [0.2, 0.25) is 0 Å². The predicted molar refractivity (Wildman–Crippen MR) is 114 cm³/mol. The Bertz CT molecular complexity index is 1070. The first-order valence-corrected chi connectivity index (χ1v) is 9.54. The lowest BCUT2D eigenvalue weighted by Gasteiger charge is -2.17. The van der Waals surface area contributed by atoms with Gasteiger partial charge in [-0.1, -0.05) is 12.1 Å². The summed E-state index contributed by atoms with van der Waals surface area (Å²) in [7, 11) is 3.46. The number of aromatic nitrogens is 3. The molecule has 1 amide bonds. The highest BCUT2D eigenvalue weighted by Crippen LogP contribution is 2.23. The molecule has 4 N–H and O–H groups in total. The Morgan fingerprint density at radius 2 is 1.94 bits per heavy atom. The SMILES string of the molecule is CNc1cc(-c2cc(NC(=O)[C@H](Cc3ccc(F)cc3)NCC(=O)O)n(C)n2)ccn1. The van der Waals surface area contributed by atoms with Crippen LogP contribution in [0.5, 0.6) is 0 Å². The molecule has 3 rings (SSSR count). The molecule has 1 atom stereocenters. The predicted octanol–water partition coefficient (Wildman–Crippen LogP) is 1.89. The Balaban J connectivity index is 1.77. The third-order valence-electron chi connectivity index (χ3n) is 4.61. The first kappa shape index (κ1) is 21.9. The van der Waals surface area contributed by atoms with Crippen LogP contribution in [0.1, 0.15) is 5.56 Å². The van der Waals surface area contributed by atoms with Crippen LogP contribution in [0.25, 0.3) is 11.3 Å². The Morgan fingerprint density at radius 1 is 1.19 bits per heavy atom. The van der Waals surface area contributed by atoms with Gasteiger partial charge in [-0.25, -0.2) is 9.37 Å². The average Bonchev–Trinajstić information content (AvgIpc) is 3.12. The van der Waals surface area contributed by atoms with E-state index in [1.54, 1.807) is 44.6 Å². The van der Waals surface area contributed by atoms with Crippen LogP contribution in [0.4, 0.5) is 16.0 Å².